The molecule has 0 radical (unpaired) electrons. The molecule has 2 heterocycles. The number of carbonyl (C=O) groups excluding carboxylic acids is 1. The second kappa shape index (κ2) is 5.86. The van der Waals surface area contributed by atoms with Gasteiger partial charge in [0.25, 0.3) is 0 Å². The molecule has 0 aromatic carbocycles. The van der Waals surface area contributed by atoms with Crippen LogP contribution >= 0.6 is 11.3 Å². The van der Waals surface area contributed by atoms with Crippen molar-refractivity contribution < 1.29 is 9.21 Å². The molecule has 0 saturated heterocycles. The van der Waals surface area contributed by atoms with Crippen LogP contribution in [-0.2, 0) is 17.6 Å². The summed E-state index contributed by atoms with van der Waals surface area (Å²) < 4.78 is 5.38. The predicted octanol–water partition coefficient (Wildman–Crippen LogP) is 4.22. The molecule has 2 aromatic rings. The van der Waals surface area contributed by atoms with Crippen LogP contribution in [0.15, 0.2) is 22.8 Å². The number of nitrogens with zero attached hydrogens (tertiary/aromatic N) is 1. The van der Waals surface area contributed by atoms with Crippen molar-refractivity contribution in [1.82, 2.24) is 0 Å². The molecule has 2 atom stereocenters. The lowest BCUT2D eigenvalue weighted by atomic mass is 10.1. The van der Waals surface area contributed by atoms with E-state index in [0.29, 0.717) is 5.56 Å². The fourth-order valence-electron chi connectivity index (χ4n) is 3.46. The third kappa shape index (κ3) is 2.68. The second-order valence-electron chi connectivity index (χ2n) is 6.33. The molecule has 1 amide bonds. The minimum atomic E-state index is -0.0328. The molecule has 0 spiro atoms. The van der Waals surface area contributed by atoms with E-state index in [-0.39, 0.29) is 17.7 Å². The summed E-state index contributed by atoms with van der Waals surface area (Å²) in [6.07, 6.45) is 8.00. The van der Waals surface area contributed by atoms with Crippen molar-refractivity contribution in [3.8, 4) is 6.07 Å². The summed E-state index contributed by atoms with van der Waals surface area (Å²) in [5.74, 6) is 1.05. The summed E-state index contributed by atoms with van der Waals surface area (Å²) >= 11 is 1.59. The maximum Gasteiger partial charge on any atom is 0.228 e. The summed E-state index contributed by atoms with van der Waals surface area (Å²) in [6.45, 7) is 0. The van der Waals surface area contributed by atoms with Crippen LogP contribution in [-0.4, -0.2) is 5.91 Å². The normalized spacial score (nSPS) is 22.7. The van der Waals surface area contributed by atoms with Gasteiger partial charge in [-0.15, -0.1) is 11.3 Å². The Bertz CT molecular complexity index is 770. The van der Waals surface area contributed by atoms with Gasteiger partial charge in [-0.05, 0) is 49.8 Å². The number of rotatable bonds is 3. The standard InChI is InChI=1S/C18H18N2O2S/c19-10-14-11-5-2-1-3-7-16(11)23-18(14)20-17(21)13-9-12(13)15-6-4-8-22-15/h4,6,8,12-13H,1-3,5,7,9H2,(H,20,21)/t12-,13-/m0/s1. The molecule has 0 bridgehead atoms. The molecule has 4 rings (SSSR count). The van der Waals surface area contributed by atoms with Crippen LogP contribution in [0.1, 0.15) is 53.4 Å². The van der Waals surface area contributed by atoms with Gasteiger partial charge in [-0.3, -0.25) is 4.79 Å². The number of nitrogens with one attached hydrogen (secondary N) is 1. The minimum absolute atomic E-state index is 0.0132. The largest absolute Gasteiger partial charge is 0.469 e. The summed E-state index contributed by atoms with van der Waals surface area (Å²) in [7, 11) is 0. The second-order valence-corrected chi connectivity index (χ2v) is 7.44. The maximum absolute atomic E-state index is 12.5. The molecule has 2 aliphatic rings. The van der Waals surface area contributed by atoms with Gasteiger partial charge in [0.1, 0.15) is 16.8 Å². The van der Waals surface area contributed by atoms with Crippen LogP contribution in [0.3, 0.4) is 0 Å². The fraction of sp³-hybridized carbons (Fsp3) is 0.444. The van der Waals surface area contributed by atoms with E-state index in [4.69, 9.17) is 4.42 Å². The van der Waals surface area contributed by atoms with E-state index in [1.54, 1.807) is 17.6 Å². The van der Waals surface area contributed by atoms with E-state index in [2.05, 4.69) is 11.4 Å². The zero-order valence-corrected chi connectivity index (χ0v) is 13.6. The summed E-state index contributed by atoms with van der Waals surface area (Å²) in [5, 5.41) is 13.3. The number of carbonyl (C=O) groups is 1. The number of aryl methyl sites for hydroxylation is 1. The smallest absolute Gasteiger partial charge is 0.228 e. The number of furan rings is 1. The van der Waals surface area contributed by atoms with Gasteiger partial charge in [0.15, 0.2) is 0 Å². The van der Waals surface area contributed by atoms with Crippen LogP contribution in [0.25, 0.3) is 0 Å². The molecule has 0 aliphatic heterocycles. The van der Waals surface area contributed by atoms with Crippen LogP contribution < -0.4 is 5.32 Å². The molecule has 4 nitrogen and oxygen atoms in total. The van der Waals surface area contributed by atoms with Gasteiger partial charge in [-0.25, -0.2) is 0 Å². The summed E-state index contributed by atoms with van der Waals surface area (Å²) in [6, 6.07) is 6.09. The van der Waals surface area contributed by atoms with Gasteiger partial charge in [0.2, 0.25) is 5.91 Å². The zero-order chi connectivity index (χ0) is 15.8. The van der Waals surface area contributed by atoms with Crippen molar-refractivity contribution >= 4 is 22.2 Å². The first kappa shape index (κ1) is 14.5. The molecule has 2 aromatic heterocycles. The molecule has 1 N–H and O–H groups in total. The highest BCUT2D eigenvalue weighted by Crippen LogP contribution is 2.48. The van der Waals surface area contributed by atoms with Crippen LogP contribution in [0.4, 0.5) is 5.00 Å². The Labute approximate surface area is 139 Å². The Morgan fingerprint density at radius 1 is 1.35 bits per heavy atom. The predicted molar refractivity (Wildman–Crippen MR) is 88.5 cm³/mol. The van der Waals surface area contributed by atoms with Crippen LogP contribution in [0.5, 0.6) is 0 Å². The Kier molecular flexibility index (Phi) is 3.70. The summed E-state index contributed by atoms with van der Waals surface area (Å²) in [5.41, 5.74) is 1.86. The number of nitriles is 1. The van der Waals surface area contributed by atoms with E-state index in [1.165, 1.54) is 23.3 Å². The highest BCUT2D eigenvalue weighted by Gasteiger charge is 2.46. The first-order valence-electron chi connectivity index (χ1n) is 8.17. The quantitative estimate of drug-likeness (QED) is 0.859. The molecular weight excluding hydrogens is 308 g/mol. The average Bonchev–Trinajstić information content (AvgIpc) is 3.13. The maximum atomic E-state index is 12.5. The highest BCUT2D eigenvalue weighted by atomic mass is 32.1. The zero-order valence-electron chi connectivity index (χ0n) is 12.8. The Morgan fingerprint density at radius 2 is 2.22 bits per heavy atom. The van der Waals surface area contributed by atoms with Gasteiger partial charge in [-0.2, -0.15) is 5.26 Å². The first-order valence-corrected chi connectivity index (χ1v) is 8.98. The average molecular weight is 326 g/mol. The lowest BCUT2D eigenvalue weighted by Gasteiger charge is -2.03. The van der Waals surface area contributed by atoms with Gasteiger partial charge < -0.3 is 9.73 Å². The van der Waals surface area contributed by atoms with E-state index < -0.39 is 0 Å². The molecule has 5 heteroatoms. The Balaban J connectivity index is 1.51. The monoisotopic (exact) mass is 326 g/mol. The topological polar surface area (TPSA) is 66.0 Å². The third-order valence-corrected chi connectivity index (χ3v) is 6.01. The van der Waals surface area contributed by atoms with Crippen molar-refractivity contribution in [3.63, 3.8) is 0 Å². The van der Waals surface area contributed by atoms with E-state index in [1.807, 2.05) is 12.1 Å². The highest BCUT2D eigenvalue weighted by molar-refractivity contribution is 7.16. The fourth-order valence-corrected chi connectivity index (χ4v) is 4.70. The molecule has 23 heavy (non-hydrogen) atoms. The molecular formula is C18H18N2O2S. The minimum Gasteiger partial charge on any atom is -0.469 e. The number of amides is 1. The van der Waals surface area contributed by atoms with Crippen molar-refractivity contribution in [2.45, 2.75) is 44.4 Å². The van der Waals surface area contributed by atoms with Gasteiger partial charge in [0, 0.05) is 16.7 Å². The van der Waals surface area contributed by atoms with E-state index in [9.17, 15) is 10.1 Å². The Hall–Kier alpha value is -2.06. The third-order valence-electron chi connectivity index (χ3n) is 4.81. The number of hydrogen-bond acceptors (Lipinski definition) is 4. The van der Waals surface area contributed by atoms with E-state index in [0.717, 1.165) is 36.4 Å². The number of fused-ring (bicyclic) bond motifs is 1. The van der Waals surface area contributed by atoms with Gasteiger partial charge in [0.05, 0.1) is 11.8 Å². The molecule has 1 saturated carbocycles. The van der Waals surface area contributed by atoms with Gasteiger partial charge >= 0.3 is 0 Å². The molecule has 2 aliphatic carbocycles. The molecule has 0 unspecified atom stereocenters. The first-order chi connectivity index (χ1) is 11.3. The molecule has 1 fully saturated rings. The number of thiophene rings is 1. The van der Waals surface area contributed by atoms with Crippen LogP contribution in [0.2, 0.25) is 0 Å². The van der Waals surface area contributed by atoms with Crippen molar-refractivity contribution in [2.24, 2.45) is 5.92 Å². The number of anilines is 1. The van der Waals surface area contributed by atoms with E-state index >= 15 is 0 Å². The molecule has 118 valence electrons. The van der Waals surface area contributed by atoms with Crippen molar-refractivity contribution in [2.75, 3.05) is 5.32 Å². The van der Waals surface area contributed by atoms with Crippen molar-refractivity contribution in [1.29, 1.82) is 5.26 Å². The lowest BCUT2D eigenvalue weighted by molar-refractivity contribution is -0.117. The lowest BCUT2D eigenvalue weighted by Crippen LogP contribution is -2.14. The van der Waals surface area contributed by atoms with Crippen LogP contribution in [0, 0.1) is 17.2 Å². The Morgan fingerprint density at radius 3 is 3.00 bits per heavy atom. The van der Waals surface area contributed by atoms with Crippen molar-refractivity contribution in [3.05, 3.63) is 40.2 Å². The number of hydrogen-bond donors (Lipinski definition) is 1. The van der Waals surface area contributed by atoms with Gasteiger partial charge in [-0.1, -0.05) is 6.42 Å². The summed E-state index contributed by atoms with van der Waals surface area (Å²) in [4.78, 5) is 13.8. The SMILES string of the molecule is N#Cc1c(NC(=O)[C@H]2C[C@@H]2c2ccco2)sc2c1CCCCC2.